The van der Waals surface area contributed by atoms with Crippen molar-refractivity contribution in [2.24, 2.45) is 16.8 Å². The smallest absolute Gasteiger partial charge is 0.226 e. The van der Waals surface area contributed by atoms with Crippen molar-refractivity contribution in [1.82, 2.24) is 4.72 Å². The van der Waals surface area contributed by atoms with Gasteiger partial charge >= 0.3 is 0 Å². The number of sulfone groups is 1. The molecule has 0 saturated heterocycles. The number of oxime groups is 1. The van der Waals surface area contributed by atoms with Crippen molar-refractivity contribution in [2.45, 2.75) is 25.3 Å². The van der Waals surface area contributed by atoms with Gasteiger partial charge in [-0.05, 0) is 12.8 Å². The largest absolute Gasteiger partial charge is 0.409 e. The van der Waals surface area contributed by atoms with Gasteiger partial charge in [0.1, 0.15) is 5.84 Å². The van der Waals surface area contributed by atoms with E-state index in [1.165, 1.54) is 0 Å². The van der Waals surface area contributed by atoms with Crippen LogP contribution in [0.15, 0.2) is 5.16 Å². The Hall–Kier alpha value is -0.870. The van der Waals surface area contributed by atoms with Crippen LogP contribution >= 0.6 is 0 Å². The monoisotopic (exact) mass is 299 g/mol. The first-order chi connectivity index (χ1) is 8.14. The summed E-state index contributed by atoms with van der Waals surface area (Å²) in [5.41, 5.74) is 5.46. The Morgan fingerprint density at radius 3 is 2.50 bits per heavy atom. The van der Waals surface area contributed by atoms with Crippen molar-refractivity contribution in [3.63, 3.8) is 0 Å². The second-order valence-corrected chi connectivity index (χ2v) is 8.70. The van der Waals surface area contributed by atoms with E-state index in [0.29, 0.717) is 12.8 Å². The molecule has 1 saturated carbocycles. The lowest BCUT2D eigenvalue weighted by molar-refractivity contribution is 0.312. The molecule has 8 nitrogen and oxygen atoms in total. The summed E-state index contributed by atoms with van der Waals surface area (Å²) < 4.78 is 47.5. The molecule has 0 aromatic carbocycles. The van der Waals surface area contributed by atoms with Gasteiger partial charge in [0.05, 0.1) is 0 Å². The van der Waals surface area contributed by atoms with Crippen molar-refractivity contribution in [3.05, 3.63) is 0 Å². The highest BCUT2D eigenvalue weighted by atomic mass is 32.3. The molecule has 4 N–H and O–H groups in total. The number of nitrogens with one attached hydrogen (secondary N) is 1. The molecule has 0 heterocycles. The van der Waals surface area contributed by atoms with E-state index < -0.39 is 36.9 Å². The summed E-state index contributed by atoms with van der Waals surface area (Å²) in [6.45, 7) is 0. The van der Waals surface area contributed by atoms with E-state index >= 15 is 0 Å². The minimum absolute atomic E-state index is 0.0421. The molecule has 1 aliphatic carbocycles. The number of nitrogens with zero attached hydrogens (tertiary/aromatic N) is 1. The first kappa shape index (κ1) is 15.2. The molecule has 1 aliphatic rings. The molecule has 10 heteroatoms. The molecule has 0 amide bonds. The lowest BCUT2D eigenvalue weighted by Gasteiger charge is -2.19. The Labute approximate surface area is 106 Å². The van der Waals surface area contributed by atoms with Crippen LogP contribution in [0.5, 0.6) is 0 Å². The molecule has 0 bridgehead atoms. The Morgan fingerprint density at radius 1 is 1.39 bits per heavy atom. The van der Waals surface area contributed by atoms with E-state index in [1.54, 1.807) is 0 Å². The average Bonchev–Trinajstić information content (AvgIpc) is 2.59. The zero-order chi connectivity index (χ0) is 14.0. The van der Waals surface area contributed by atoms with Crippen LogP contribution < -0.4 is 10.5 Å². The Balaban J connectivity index is 2.78. The maximum absolute atomic E-state index is 11.6. The Morgan fingerprint density at radius 2 is 2.00 bits per heavy atom. The third-order valence-electron chi connectivity index (χ3n) is 2.71. The maximum atomic E-state index is 11.6. The highest BCUT2D eigenvalue weighted by Gasteiger charge is 2.34. The second-order valence-electron chi connectivity index (χ2n) is 4.44. The van der Waals surface area contributed by atoms with Crippen molar-refractivity contribution in [2.75, 3.05) is 11.3 Å². The molecule has 0 radical (unpaired) electrons. The van der Waals surface area contributed by atoms with Crippen LogP contribution in [0.25, 0.3) is 0 Å². The van der Waals surface area contributed by atoms with Gasteiger partial charge in [-0.15, -0.1) is 0 Å². The molecule has 2 atom stereocenters. The first-order valence-electron chi connectivity index (χ1n) is 5.30. The fraction of sp³-hybridized carbons (Fsp3) is 0.875. The van der Waals surface area contributed by atoms with E-state index in [2.05, 4.69) is 9.88 Å². The molecule has 1 rings (SSSR count). The predicted octanol–water partition coefficient (Wildman–Crippen LogP) is -1.18. The van der Waals surface area contributed by atoms with Gasteiger partial charge in [-0.1, -0.05) is 11.6 Å². The molecule has 0 aliphatic heterocycles. The number of sulfonamides is 1. The lowest BCUT2D eigenvalue weighted by atomic mass is 10.0. The number of rotatable bonds is 5. The summed E-state index contributed by atoms with van der Waals surface area (Å²) in [5.74, 6) is -0.441. The highest BCUT2D eigenvalue weighted by molar-refractivity contribution is 8.06. The van der Waals surface area contributed by atoms with Crippen LogP contribution in [-0.4, -0.2) is 45.3 Å². The number of nitrogens with two attached hydrogens (primary N) is 1. The first-order valence-corrected chi connectivity index (χ1v) is 9.01. The fourth-order valence-corrected chi connectivity index (χ4v) is 5.35. The van der Waals surface area contributed by atoms with Crippen molar-refractivity contribution < 1.29 is 22.0 Å². The standard InChI is InChI=1S/C8H17N3O5S2/c1-17(13,14)5-18(15,16)11-7-4-2-3-6(7)8(9)10-12/h6-7,11-12H,2-5H2,1H3,(H2,9,10). The van der Waals surface area contributed by atoms with Crippen LogP contribution in [0, 0.1) is 5.92 Å². The fourth-order valence-electron chi connectivity index (χ4n) is 2.08. The third kappa shape index (κ3) is 4.42. The van der Waals surface area contributed by atoms with Gasteiger partial charge in [-0.25, -0.2) is 21.6 Å². The van der Waals surface area contributed by atoms with Gasteiger partial charge in [0.15, 0.2) is 14.9 Å². The van der Waals surface area contributed by atoms with E-state index in [-0.39, 0.29) is 5.84 Å². The minimum atomic E-state index is -3.93. The van der Waals surface area contributed by atoms with Crippen LogP contribution in [-0.2, 0) is 19.9 Å². The van der Waals surface area contributed by atoms with Crippen LogP contribution in [0.2, 0.25) is 0 Å². The lowest BCUT2D eigenvalue weighted by Crippen LogP contribution is -2.44. The number of hydrogen-bond acceptors (Lipinski definition) is 6. The van der Waals surface area contributed by atoms with E-state index in [0.717, 1.165) is 12.7 Å². The van der Waals surface area contributed by atoms with Crippen LogP contribution in [0.4, 0.5) is 0 Å². The molecular formula is C8H17N3O5S2. The van der Waals surface area contributed by atoms with Crippen LogP contribution in [0.1, 0.15) is 19.3 Å². The highest BCUT2D eigenvalue weighted by Crippen LogP contribution is 2.26. The molecule has 1 fully saturated rings. The van der Waals surface area contributed by atoms with E-state index in [9.17, 15) is 16.8 Å². The molecule has 2 unspecified atom stereocenters. The Kier molecular flexibility index (Phi) is 4.56. The quantitative estimate of drug-likeness (QED) is 0.253. The minimum Gasteiger partial charge on any atom is -0.409 e. The molecule has 0 aromatic heterocycles. The normalized spacial score (nSPS) is 26.4. The summed E-state index contributed by atoms with van der Waals surface area (Å²) in [4.78, 5) is 0. The van der Waals surface area contributed by atoms with E-state index in [1.807, 2.05) is 0 Å². The Bertz CT molecular complexity index is 525. The number of hydrogen-bond donors (Lipinski definition) is 3. The van der Waals surface area contributed by atoms with Gasteiger partial charge in [0.2, 0.25) is 10.0 Å². The summed E-state index contributed by atoms with van der Waals surface area (Å²) in [5, 5.41) is 10.5. The summed E-state index contributed by atoms with van der Waals surface area (Å²) in [7, 11) is -7.56. The van der Waals surface area contributed by atoms with Gasteiger partial charge in [0, 0.05) is 18.2 Å². The summed E-state index contributed by atoms with van der Waals surface area (Å²) in [6.07, 6.45) is 2.71. The molecule has 106 valence electrons. The average molecular weight is 299 g/mol. The summed E-state index contributed by atoms with van der Waals surface area (Å²) >= 11 is 0. The summed E-state index contributed by atoms with van der Waals surface area (Å²) in [6, 6.07) is -0.521. The zero-order valence-electron chi connectivity index (χ0n) is 9.90. The maximum Gasteiger partial charge on any atom is 0.226 e. The van der Waals surface area contributed by atoms with Crippen LogP contribution in [0.3, 0.4) is 0 Å². The third-order valence-corrected chi connectivity index (χ3v) is 6.33. The predicted molar refractivity (Wildman–Crippen MR) is 66.3 cm³/mol. The molecule has 0 aromatic rings. The van der Waals surface area contributed by atoms with Gasteiger partial charge < -0.3 is 10.9 Å². The zero-order valence-corrected chi connectivity index (χ0v) is 11.5. The second kappa shape index (κ2) is 5.41. The van der Waals surface area contributed by atoms with Gasteiger partial charge in [0.25, 0.3) is 0 Å². The molecular weight excluding hydrogens is 282 g/mol. The molecule has 18 heavy (non-hydrogen) atoms. The topological polar surface area (TPSA) is 139 Å². The van der Waals surface area contributed by atoms with Crippen molar-refractivity contribution in [3.8, 4) is 0 Å². The van der Waals surface area contributed by atoms with Gasteiger partial charge in [-0.3, -0.25) is 0 Å². The SMILES string of the molecule is CS(=O)(=O)CS(=O)(=O)NC1CCCC1C(N)=NO. The van der Waals surface area contributed by atoms with E-state index in [4.69, 9.17) is 10.9 Å². The van der Waals surface area contributed by atoms with Crippen molar-refractivity contribution >= 4 is 25.7 Å². The number of amidine groups is 1. The van der Waals surface area contributed by atoms with Crippen molar-refractivity contribution in [1.29, 1.82) is 0 Å². The molecule has 0 spiro atoms. The van der Waals surface area contributed by atoms with Gasteiger partial charge in [-0.2, -0.15) is 0 Å².